The van der Waals surface area contributed by atoms with E-state index in [2.05, 4.69) is 15.9 Å². The van der Waals surface area contributed by atoms with Crippen LogP contribution in [0.1, 0.15) is 0 Å². The minimum atomic E-state index is 0. The largest absolute Gasteiger partial charge is 0.508 e. The summed E-state index contributed by atoms with van der Waals surface area (Å²) in [5.74, 6) is 0.299. The van der Waals surface area contributed by atoms with Gasteiger partial charge >= 0.3 is 0 Å². The zero-order valence-corrected chi connectivity index (χ0v) is 9.39. The molecule has 1 nitrogen and oxygen atoms in total. The van der Waals surface area contributed by atoms with Crippen molar-refractivity contribution in [2.75, 3.05) is 0 Å². The maximum atomic E-state index is 8.74. The maximum absolute atomic E-state index is 8.74. The van der Waals surface area contributed by atoms with Gasteiger partial charge in [0.2, 0.25) is 0 Å². The molecule has 0 amide bonds. The number of hydrogen-bond donors (Lipinski definition) is 1. The van der Waals surface area contributed by atoms with E-state index in [9.17, 15) is 0 Å². The molecule has 0 aliphatic heterocycles. The van der Waals surface area contributed by atoms with Gasteiger partial charge in [-0.1, -0.05) is 15.9 Å². The number of halogens is 1. The molecule has 0 bridgehead atoms. The van der Waals surface area contributed by atoms with Crippen LogP contribution < -0.4 is 0 Å². The van der Waals surface area contributed by atoms with Crippen LogP contribution in [0, 0.1) is 0 Å². The summed E-state index contributed by atoms with van der Waals surface area (Å²) in [6.07, 6.45) is 0. The molecular formula is C6H5BrOZn. The molecule has 0 fully saturated rings. The smallest absolute Gasteiger partial charge is 0.115 e. The molecule has 0 saturated heterocycles. The van der Waals surface area contributed by atoms with E-state index in [1.165, 1.54) is 0 Å². The molecule has 0 heterocycles. The quantitative estimate of drug-likeness (QED) is 0.687. The van der Waals surface area contributed by atoms with Crippen molar-refractivity contribution in [2.24, 2.45) is 0 Å². The van der Waals surface area contributed by atoms with Gasteiger partial charge < -0.3 is 5.11 Å². The molecule has 0 aliphatic rings. The van der Waals surface area contributed by atoms with Crippen molar-refractivity contribution in [3.63, 3.8) is 0 Å². The SMILES string of the molecule is Oc1ccc(Br)cc1.[Zn]. The molecule has 0 radical (unpaired) electrons. The van der Waals surface area contributed by atoms with Crippen LogP contribution in [0.15, 0.2) is 28.7 Å². The molecule has 0 spiro atoms. The molecular weight excluding hydrogens is 233 g/mol. The van der Waals surface area contributed by atoms with Crippen molar-refractivity contribution in [3.8, 4) is 5.75 Å². The Morgan fingerprint density at radius 1 is 1.11 bits per heavy atom. The summed E-state index contributed by atoms with van der Waals surface area (Å²) < 4.78 is 0.982. The Hall–Kier alpha value is 0.123. The summed E-state index contributed by atoms with van der Waals surface area (Å²) in [4.78, 5) is 0. The summed E-state index contributed by atoms with van der Waals surface area (Å²) in [5.41, 5.74) is 0. The van der Waals surface area contributed by atoms with Crippen molar-refractivity contribution in [3.05, 3.63) is 28.7 Å². The fourth-order valence-electron chi connectivity index (χ4n) is 0.441. The molecule has 0 unspecified atom stereocenters. The molecule has 3 heteroatoms. The van der Waals surface area contributed by atoms with Gasteiger partial charge in [0.05, 0.1) is 0 Å². The van der Waals surface area contributed by atoms with Gasteiger partial charge in [-0.15, -0.1) is 0 Å². The zero-order valence-electron chi connectivity index (χ0n) is 4.84. The van der Waals surface area contributed by atoms with E-state index in [4.69, 9.17) is 5.11 Å². The molecule has 1 aromatic carbocycles. The molecule has 1 N–H and O–H groups in total. The molecule has 0 saturated carbocycles. The van der Waals surface area contributed by atoms with E-state index in [1.807, 2.05) is 0 Å². The summed E-state index contributed by atoms with van der Waals surface area (Å²) in [5, 5.41) is 8.74. The topological polar surface area (TPSA) is 20.2 Å². The van der Waals surface area contributed by atoms with Crippen molar-refractivity contribution < 1.29 is 24.6 Å². The predicted molar refractivity (Wildman–Crippen MR) is 35.8 cm³/mol. The first-order chi connectivity index (χ1) is 3.79. The first-order valence-electron chi connectivity index (χ1n) is 2.23. The first-order valence-corrected chi connectivity index (χ1v) is 3.03. The number of phenolic OH excluding ortho intramolecular Hbond substituents is 1. The van der Waals surface area contributed by atoms with Crippen molar-refractivity contribution in [1.82, 2.24) is 0 Å². The third-order valence-corrected chi connectivity index (χ3v) is 1.36. The third-order valence-electron chi connectivity index (χ3n) is 0.827. The van der Waals surface area contributed by atoms with Crippen molar-refractivity contribution in [2.45, 2.75) is 0 Å². The number of phenols is 1. The van der Waals surface area contributed by atoms with Crippen LogP contribution in [-0.4, -0.2) is 5.11 Å². The van der Waals surface area contributed by atoms with Crippen LogP contribution in [0.25, 0.3) is 0 Å². The van der Waals surface area contributed by atoms with Crippen LogP contribution in [0.4, 0.5) is 0 Å². The van der Waals surface area contributed by atoms with E-state index in [0.29, 0.717) is 5.75 Å². The minimum absolute atomic E-state index is 0. The molecule has 44 valence electrons. The van der Waals surface area contributed by atoms with Crippen LogP contribution in [0.5, 0.6) is 5.75 Å². The van der Waals surface area contributed by atoms with Gasteiger partial charge in [0, 0.05) is 24.0 Å². The van der Waals surface area contributed by atoms with Gasteiger partial charge in [-0.25, -0.2) is 0 Å². The van der Waals surface area contributed by atoms with Gasteiger partial charge in [-0.3, -0.25) is 0 Å². The van der Waals surface area contributed by atoms with E-state index in [-0.39, 0.29) is 19.5 Å². The molecule has 0 aliphatic carbocycles. The van der Waals surface area contributed by atoms with Crippen LogP contribution in [-0.2, 0) is 19.5 Å². The first kappa shape index (κ1) is 9.12. The Morgan fingerprint density at radius 3 is 1.89 bits per heavy atom. The minimum Gasteiger partial charge on any atom is -0.508 e. The Morgan fingerprint density at radius 2 is 1.56 bits per heavy atom. The number of hydrogen-bond acceptors (Lipinski definition) is 1. The average Bonchev–Trinajstić information content (AvgIpc) is 1.77. The standard InChI is InChI=1S/C6H5BrO.Zn/c7-5-1-3-6(8)4-2-5;/h1-4,8H;. The summed E-state index contributed by atoms with van der Waals surface area (Å²) in [7, 11) is 0. The second kappa shape index (κ2) is 4.02. The Balaban J connectivity index is 0.000000640. The van der Waals surface area contributed by atoms with Gasteiger partial charge in [0.25, 0.3) is 0 Å². The summed E-state index contributed by atoms with van der Waals surface area (Å²) in [6, 6.07) is 6.83. The van der Waals surface area contributed by atoms with Gasteiger partial charge in [0.15, 0.2) is 0 Å². The van der Waals surface area contributed by atoms with Crippen molar-refractivity contribution in [1.29, 1.82) is 0 Å². The number of aromatic hydroxyl groups is 1. The fraction of sp³-hybridized carbons (Fsp3) is 0. The second-order valence-electron chi connectivity index (χ2n) is 1.48. The zero-order chi connectivity index (χ0) is 5.98. The Bertz CT molecular complexity index is 152. The van der Waals surface area contributed by atoms with E-state index < -0.39 is 0 Å². The monoisotopic (exact) mass is 236 g/mol. The normalized spacial score (nSPS) is 8.11. The van der Waals surface area contributed by atoms with Crippen molar-refractivity contribution >= 4 is 15.9 Å². The Kier molecular flexibility index (Phi) is 4.08. The van der Waals surface area contributed by atoms with E-state index in [1.54, 1.807) is 24.3 Å². The molecule has 1 aromatic rings. The third kappa shape index (κ3) is 2.97. The molecule has 9 heavy (non-hydrogen) atoms. The number of benzene rings is 1. The van der Waals surface area contributed by atoms with Gasteiger partial charge in [-0.2, -0.15) is 0 Å². The van der Waals surface area contributed by atoms with E-state index >= 15 is 0 Å². The second-order valence-corrected chi connectivity index (χ2v) is 2.39. The average molecular weight is 238 g/mol. The number of rotatable bonds is 0. The van der Waals surface area contributed by atoms with Crippen LogP contribution in [0.3, 0.4) is 0 Å². The molecule has 1 rings (SSSR count). The molecule has 0 aromatic heterocycles. The van der Waals surface area contributed by atoms with Crippen LogP contribution in [0.2, 0.25) is 0 Å². The van der Waals surface area contributed by atoms with Gasteiger partial charge in [-0.05, 0) is 24.3 Å². The molecule has 0 atom stereocenters. The fourth-order valence-corrected chi connectivity index (χ4v) is 0.705. The van der Waals surface area contributed by atoms with Crippen LogP contribution >= 0.6 is 15.9 Å². The summed E-state index contributed by atoms with van der Waals surface area (Å²) >= 11 is 3.23. The predicted octanol–water partition coefficient (Wildman–Crippen LogP) is 2.15. The summed E-state index contributed by atoms with van der Waals surface area (Å²) in [6.45, 7) is 0. The van der Waals surface area contributed by atoms with Gasteiger partial charge in [0.1, 0.15) is 5.75 Å². The maximum Gasteiger partial charge on any atom is 0.115 e. The van der Waals surface area contributed by atoms with E-state index in [0.717, 1.165) is 4.47 Å². The Labute approximate surface area is 75.0 Å².